The second kappa shape index (κ2) is 70.3. The van der Waals surface area contributed by atoms with Crippen LogP contribution in [0.2, 0.25) is 0 Å². The van der Waals surface area contributed by atoms with Crippen LogP contribution in [0.25, 0.3) is 0 Å². The molecule has 0 fully saturated rings. The summed E-state index contributed by atoms with van der Waals surface area (Å²) >= 11 is 0. The van der Waals surface area contributed by atoms with Gasteiger partial charge in [-0.05, 0) is 70.6 Å². The lowest BCUT2D eigenvalue weighted by atomic mass is 10.0. The molecule has 0 amide bonds. The molecule has 0 aromatic carbocycles. The highest BCUT2D eigenvalue weighted by Gasteiger charge is 2.19. The van der Waals surface area contributed by atoms with Gasteiger partial charge in [0.1, 0.15) is 13.2 Å². The Balaban J connectivity index is 4.14. The first-order valence-corrected chi connectivity index (χ1v) is 35.9. The van der Waals surface area contributed by atoms with Crippen LogP contribution in [-0.4, -0.2) is 37.2 Å². The number of unbranched alkanes of at least 4 members (excludes halogenated alkanes) is 43. The van der Waals surface area contributed by atoms with Crippen molar-refractivity contribution in [1.82, 2.24) is 0 Å². The van der Waals surface area contributed by atoms with Crippen LogP contribution >= 0.6 is 0 Å². The van der Waals surface area contributed by atoms with Crippen molar-refractivity contribution in [1.29, 1.82) is 0 Å². The van der Waals surface area contributed by atoms with Gasteiger partial charge in [-0.1, -0.05) is 357 Å². The smallest absolute Gasteiger partial charge is 0.306 e. The third kappa shape index (κ3) is 67.6. The Morgan fingerprint density at radius 1 is 0.256 bits per heavy atom. The largest absolute Gasteiger partial charge is 0.462 e. The van der Waals surface area contributed by atoms with Crippen LogP contribution in [-0.2, 0) is 28.6 Å². The highest BCUT2D eigenvalue weighted by Crippen LogP contribution is 2.18. The first kappa shape index (κ1) is 78.8. The zero-order chi connectivity index (χ0) is 59.2. The van der Waals surface area contributed by atoms with Crippen LogP contribution < -0.4 is 0 Å². The number of carbonyl (C=O) groups excluding carboxylic acids is 3. The maximum absolute atomic E-state index is 12.9. The van der Waals surface area contributed by atoms with Crippen LogP contribution in [0.5, 0.6) is 0 Å². The zero-order valence-electron chi connectivity index (χ0n) is 54.8. The summed E-state index contributed by atoms with van der Waals surface area (Å²) in [6, 6.07) is 0. The summed E-state index contributed by atoms with van der Waals surface area (Å²) in [5, 5.41) is 0. The van der Waals surface area contributed by atoms with E-state index in [4.69, 9.17) is 14.2 Å². The van der Waals surface area contributed by atoms with E-state index in [2.05, 4.69) is 93.7 Å². The number of hydrogen-bond acceptors (Lipinski definition) is 6. The lowest BCUT2D eigenvalue weighted by Gasteiger charge is -2.18. The van der Waals surface area contributed by atoms with Gasteiger partial charge in [0, 0.05) is 19.3 Å². The molecule has 0 radical (unpaired) electrons. The van der Waals surface area contributed by atoms with Gasteiger partial charge in [0.15, 0.2) is 6.10 Å². The van der Waals surface area contributed by atoms with Crippen molar-refractivity contribution in [3.63, 3.8) is 0 Å². The highest BCUT2D eigenvalue weighted by atomic mass is 16.6. The molecular formula is C76H136O6. The van der Waals surface area contributed by atoms with Crippen LogP contribution in [0.1, 0.15) is 374 Å². The monoisotopic (exact) mass is 1150 g/mol. The van der Waals surface area contributed by atoms with Crippen molar-refractivity contribution in [3.05, 3.63) is 72.9 Å². The maximum atomic E-state index is 12.9. The molecule has 0 rings (SSSR count). The Morgan fingerprint density at radius 3 is 0.744 bits per heavy atom. The molecule has 0 aromatic heterocycles. The molecule has 0 aliphatic carbocycles. The van der Waals surface area contributed by atoms with Gasteiger partial charge >= 0.3 is 17.9 Å². The van der Waals surface area contributed by atoms with E-state index in [1.807, 2.05) is 0 Å². The van der Waals surface area contributed by atoms with Crippen LogP contribution in [0.4, 0.5) is 0 Å². The normalized spacial score (nSPS) is 12.5. The first-order valence-electron chi connectivity index (χ1n) is 35.9. The maximum Gasteiger partial charge on any atom is 0.306 e. The summed E-state index contributed by atoms with van der Waals surface area (Å²) in [5.74, 6) is -0.856. The van der Waals surface area contributed by atoms with Crippen LogP contribution in [0, 0.1) is 0 Å². The summed E-state index contributed by atoms with van der Waals surface area (Å²) in [6.07, 6.45) is 92.4. The van der Waals surface area contributed by atoms with Gasteiger partial charge in [0.2, 0.25) is 0 Å². The van der Waals surface area contributed by atoms with E-state index in [1.54, 1.807) is 0 Å². The number of allylic oxidation sites excluding steroid dienone is 12. The quantitative estimate of drug-likeness (QED) is 0.0261. The van der Waals surface area contributed by atoms with Gasteiger partial charge in [-0.2, -0.15) is 0 Å². The molecule has 0 aromatic rings. The third-order valence-corrected chi connectivity index (χ3v) is 16.0. The molecule has 1 unspecified atom stereocenters. The highest BCUT2D eigenvalue weighted by molar-refractivity contribution is 5.71. The molecule has 0 N–H and O–H groups in total. The second-order valence-corrected chi connectivity index (χ2v) is 24.1. The SMILES string of the molecule is CC/C=C\C/C=C\C/C=C\C/C=C\C/C=C\C/C=C\CCCCCCCCCCCCC(=O)OCC(COC(=O)CCCCCCCCCCC)OC(=O)CCCCCCCCCCCCCCCCCCCCCCCCCCCC. The van der Waals surface area contributed by atoms with Crippen molar-refractivity contribution in [2.24, 2.45) is 0 Å². The second-order valence-electron chi connectivity index (χ2n) is 24.1. The van der Waals surface area contributed by atoms with E-state index < -0.39 is 6.10 Å². The molecule has 1 atom stereocenters. The van der Waals surface area contributed by atoms with E-state index in [0.717, 1.165) is 96.3 Å². The predicted octanol–water partition coefficient (Wildman–Crippen LogP) is 24.8. The molecule has 6 heteroatoms. The Bertz CT molecular complexity index is 1500. The summed E-state index contributed by atoms with van der Waals surface area (Å²) in [5.41, 5.74) is 0. The minimum atomic E-state index is -0.774. The summed E-state index contributed by atoms with van der Waals surface area (Å²) < 4.78 is 16.9. The Hall–Kier alpha value is -3.15. The first-order chi connectivity index (χ1) is 40.5. The van der Waals surface area contributed by atoms with Crippen molar-refractivity contribution >= 4 is 17.9 Å². The van der Waals surface area contributed by atoms with E-state index in [9.17, 15) is 14.4 Å². The topological polar surface area (TPSA) is 78.9 Å². The van der Waals surface area contributed by atoms with Crippen molar-refractivity contribution in [2.45, 2.75) is 380 Å². The molecule has 82 heavy (non-hydrogen) atoms. The molecule has 476 valence electrons. The Kier molecular flexibility index (Phi) is 67.6. The molecule has 6 nitrogen and oxygen atoms in total. The van der Waals surface area contributed by atoms with E-state index in [0.29, 0.717) is 19.3 Å². The van der Waals surface area contributed by atoms with E-state index >= 15 is 0 Å². The van der Waals surface area contributed by atoms with E-state index in [1.165, 1.54) is 238 Å². The predicted molar refractivity (Wildman–Crippen MR) is 358 cm³/mol. The van der Waals surface area contributed by atoms with Gasteiger partial charge in [0.25, 0.3) is 0 Å². The molecule has 0 saturated carbocycles. The standard InChI is InChI=1S/C76H136O6/c1-4-7-10-13-16-19-21-23-25-27-29-31-33-35-37-38-39-41-42-44-46-48-50-52-54-57-60-63-66-69-75(78)81-72-73(71-80-74(77)68-65-62-59-56-18-15-12-9-6-3)82-76(79)70-67-64-61-58-55-53-51-49-47-45-43-40-36-34-32-30-28-26-24-22-20-17-14-11-8-5-2/h7,10,16,19,23,25,29,31,35,37,39,41,73H,4-6,8-9,11-15,17-18,20-22,24,26-28,30,32-34,36,38,40,42-72H2,1-3H3/b10-7-,19-16-,25-23-,31-29-,37-35-,41-39-. The average Bonchev–Trinajstić information content (AvgIpc) is 3.48. The molecule has 0 aliphatic rings. The van der Waals surface area contributed by atoms with Crippen LogP contribution in [0.3, 0.4) is 0 Å². The number of hydrogen-bond donors (Lipinski definition) is 0. The lowest BCUT2D eigenvalue weighted by molar-refractivity contribution is -0.167. The third-order valence-electron chi connectivity index (χ3n) is 16.0. The Labute approximate surface area is 510 Å². The molecule has 0 heterocycles. The van der Waals surface area contributed by atoms with Gasteiger partial charge in [-0.3, -0.25) is 14.4 Å². The number of ether oxygens (including phenoxy) is 3. The van der Waals surface area contributed by atoms with Gasteiger partial charge in [-0.25, -0.2) is 0 Å². The fourth-order valence-electron chi connectivity index (χ4n) is 10.6. The minimum Gasteiger partial charge on any atom is -0.462 e. The van der Waals surface area contributed by atoms with Crippen LogP contribution in [0.15, 0.2) is 72.9 Å². The van der Waals surface area contributed by atoms with Gasteiger partial charge in [0.05, 0.1) is 0 Å². The molecular weight excluding hydrogens is 1010 g/mol. The average molecular weight is 1150 g/mol. The van der Waals surface area contributed by atoms with E-state index in [-0.39, 0.29) is 31.1 Å². The summed E-state index contributed by atoms with van der Waals surface area (Å²) in [6.45, 7) is 6.56. The molecule has 0 aliphatic heterocycles. The summed E-state index contributed by atoms with van der Waals surface area (Å²) in [4.78, 5) is 38.3. The fourth-order valence-corrected chi connectivity index (χ4v) is 10.6. The van der Waals surface area contributed by atoms with Crippen molar-refractivity contribution < 1.29 is 28.6 Å². The summed E-state index contributed by atoms with van der Waals surface area (Å²) in [7, 11) is 0. The lowest BCUT2D eigenvalue weighted by Crippen LogP contribution is -2.30. The van der Waals surface area contributed by atoms with Gasteiger partial charge in [-0.15, -0.1) is 0 Å². The number of rotatable bonds is 66. The Morgan fingerprint density at radius 2 is 0.476 bits per heavy atom. The van der Waals surface area contributed by atoms with Crippen molar-refractivity contribution in [3.8, 4) is 0 Å². The molecule has 0 spiro atoms. The molecule has 0 saturated heterocycles. The molecule has 0 bridgehead atoms. The van der Waals surface area contributed by atoms with Gasteiger partial charge < -0.3 is 14.2 Å². The van der Waals surface area contributed by atoms with Crippen molar-refractivity contribution in [2.75, 3.05) is 13.2 Å². The minimum absolute atomic E-state index is 0.0712. The zero-order valence-corrected chi connectivity index (χ0v) is 54.8. The fraction of sp³-hybridized carbons (Fsp3) is 0.803. The number of esters is 3. The number of carbonyl (C=O) groups is 3.